The highest BCUT2D eigenvalue weighted by Crippen LogP contribution is 2.09. The van der Waals surface area contributed by atoms with Crippen molar-refractivity contribution in [2.45, 2.75) is 39.7 Å². The fraction of sp³-hybridized carbons (Fsp3) is 0.857. The predicted molar refractivity (Wildman–Crippen MR) is 79.9 cm³/mol. The third-order valence-electron chi connectivity index (χ3n) is 3.26. The van der Waals surface area contributed by atoms with Gasteiger partial charge in [-0.25, -0.2) is 4.79 Å². The van der Waals surface area contributed by atoms with Crippen LogP contribution >= 0.6 is 0 Å². The van der Waals surface area contributed by atoms with Crippen molar-refractivity contribution in [1.29, 1.82) is 0 Å². The van der Waals surface area contributed by atoms with Crippen LogP contribution in [0.4, 0.5) is 4.79 Å². The molecule has 0 rings (SSSR count). The lowest BCUT2D eigenvalue weighted by Gasteiger charge is -2.33. The van der Waals surface area contributed by atoms with E-state index in [1.807, 2.05) is 39.8 Å². The van der Waals surface area contributed by atoms with Crippen LogP contribution in [0.5, 0.6) is 0 Å². The number of carboxylic acids is 1. The van der Waals surface area contributed by atoms with Gasteiger partial charge >= 0.3 is 12.0 Å². The maximum Gasteiger partial charge on any atom is 0.323 e. The molecule has 0 saturated heterocycles. The van der Waals surface area contributed by atoms with E-state index in [9.17, 15) is 9.59 Å². The van der Waals surface area contributed by atoms with E-state index in [1.165, 1.54) is 4.90 Å². The molecular weight excluding hydrogens is 258 g/mol. The van der Waals surface area contributed by atoms with Crippen molar-refractivity contribution in [3.63, 3.8) is 0 Å². The Bertz CT molecular complexity index is 308. The maximum atomic E-state index is 12.6. The average molecular weight is 287 g/mol. The van der Waals surface area contributed by atoms with Gasteiger partial charge in [-0.3, -0.25) is 4.79 Å². The second kappa shape index (κ2) is 9.58. The van der Waals surface area contributed by atoms with Crippen molar-refractivity contribution in [2.24, 2.45) is 0 Å². The van der Waals surface area contributed by atoms with Crippen LogP contribution in [0.3, 0.4) is 0 Å². The van der Waals surface area contributed by atoms with Crippen LogP contribution in [-0.2, 0) is 4.79 Å². The maximum absolute atomic E-state index is 12.6. The van der Waals surface area contributed by atoms with Crippen LogP contribution in [0.1, 0.15) is 33.6 Å². The average Bonchev–Trinajstić information content (AvgIpc) is 2.38. The van der Waals surface area contributed by atoms with E-state index in [-0.39, 0.29) is 18.6 Å². The fourth-order valence-electron chi connectivity index (χ4n) is 1.85. The fourth-order valence-corrected chi connectivity index (χ4v) is 1.85. The van der Waals surface area contributed by atoms with Crippen molar-refractivity contribution < 1.29 is 14.7 Å². The molecular formula is C14H29N3O3. The minimum Gasteiger partial charge on any atom is -0.480 e. The summed E-state index contributed by atoms with van der Waals surface area (Å²) in [6.45, 7) is 7.66. The first-order valence-electron chi connectivity index (χ1n) is 7.25. The van der Waals surface area contributed by atoms with Crippen LogP contribution in [-0.4, -0.2) is 78.1 Å². The van der Waals surface area contributed by atoms with Crippen LogP contribution in [0, 0.1) is 0 Å². The molecule has 0 bridgehead atoms. The first-order valence-corrected chi connectivity index (χ1v) is 7.25. The van der Waals surface area contributed by atoms with Crippen molar-refractivity contribution in [1.82, 2.24) is 14.7 Å². The smallest absolute Gasteiger partial charge is 0.323 e. The SMILES string of the molecule is CCCN(CCN(C)C)C(=O)N(CC(=O)O)C(C)CC. The Morgan fingerprint density at radius 1 is 1.10 bits per heavy atom. The monoisotopic (exact) mass is 287 g/mol. The molecule has 0 spiro atoms. The highest BCUT2D eigenvalue weighted by molar-refractivity contribution is 5.80. The van der Waals surface area contributed by atoms with Crippen molar-refractivity contribution in [3.8, 4) is 0 Å². The summed E-state index contributed by atoms with van der Waals surface area (Å²) in [7, 11) is 3.91. The van der Waals surface area contributed by atoms with Gasteiger partial charge in [-0.05, 0) is 33.9 Å². The molecule has 0 aromatic rings. The zero-order valence-electron chi connectivity index (χ0n) is 13.4. The highest BCUT2D eigenvalue weighted by atomic mass is 16.4. The first kappa shape index (κ1) is 18.7. The molecule has 0 aliphatic carbocycles. The van der Waals surface area contributed by atoms with Gasteiger partial charge in [0.1, 0.15) is 6.54 Å². The van der Waals surface area contributed by atoms with Crippen molar-refractivity contribution in [2.75, 3.05) is 40.3 Å². The molecule has 6 nitrogen and oxygen atoms in total. The molecule has 1 atom stereocenters. The summed E-state index contributed by atoms with van der Waals surface area (Å²) in [6, 6.07) is -0.247. The molecule has 0 aliphatic heterocycles. The molecule has 0 saturated carbocycles. The number of rotatable bonds is 9. The Labute approximate surface area is 122 Å². The largest absolute Gasteiger partial charge is 0.480 e. The van der Waals surface area contributed by atoms with E-state index < -0.39 is 5.97 Å². The van der Waals surface area contributed by atoms with Gasteiger partial charge in [0.05, 0.1) is 0 Å². The van der Waals surface area contributed by atoms with Crippen LogP contribution in [0.15, 0.2) is 0 Å². The van der Waals surface area contributed by atoms with Gasteiger partial charge in [0.2, 0.25) is 0 Å². The number of aliphatic carboxylic acids is 1. The lowest BCUT2D eigenvalue weighted by atomic mass is 10.2. The third kappa shape index (κ3) is 6.75. The molecule has 20 heavy (non-hydrogen) atoms. The summed E-state index contributed by atoms with van der Waals surface area (Å²) in [5.74, 6) is -0.970. The van der Waals surface area contributed by atoms with E-state index in [4.69, 9.17) is 5.11 Å². The van der Waals surface area contributed by atoms with Crippen LogP contribution < -0.4 is 0 Å². The molecule has 0 radical (unpaired) electrons. The number of carbonyl (C=O) groups is 2. The Morgan fingerprint density at radius 2 is 1.70 bits per heavy atom. The molecule has 0 heterocycles. The normalized spacial score (nSPS) is 12.3. The second-order valence-electron chi connectivity index (χ2n) is 5.35. The summed E-state index contributed by atoms with van der Waals surface area (Å²) in [4.78, 5) is 28.7. The number of carboxylic acid groups (broad SMARTS) is 1. The second-order valence-corrected chi connectivity index (χ2v) is 5.35. The zero-order chi connectivity index (χ0) is 15.7. The standard InChI is InChI=1S/C14H29N3O3/c1-6-8-16(10-9-15(4)5)14(20)17(11-13(18)19)12(3)7-2/h12H,6-11H2,1-5H3,(H,18,19). The molecule has 0 fully saturated rings. The first-order chi connectivity index (χ1) is 9.33. The number of urea groups is 1. The molecule has 6 heteroatoms. The third-order valence-corrected chi connectivity index (χ3v) is 3.26. The Kier molecular flexibility index (Phi) is 8.96. The molecule has 0 aromatic carbocycles. The quantitative estimate of drug-likeness (QED) is 0.699. The lowest BCUT2D eigenvalue weighted by Crippen LogP contribution is -2.50. The Balaban J connectivity index is 4.88. The Hall–Kier alpha value is -1.30. The zero-order valence-corrected chi connectivity index (χ0v) is 13.4. The molecule has 0 aliphatic rings. The van der Waals surface area contributed by atoms with Gasteiger partial charge in [0, 0.05) is 25.7 Å². The van der Waals surface area contributed by atoms with Crippen molar-refractivity contribution in [3.05, 3.63) is 0 Å². The van der Waals surface area contributed by atoms with Gasteiger partial charge in [-0.1, -0.05) is 13.8 Å². The van der Waals surface area contributed by atoms with Gasteiger partial charge in [0.15, 0.2) is 0 Å². The van der Waals surface area contributed by atoms with E-state index in [2.05, 4.69) is 0 Å². The van der Waals surface area contributed by atoms with Crippen LogP contribution in [0.2, 0.25) is 0 Å². The number of amides is 2. The van der Waals surface area contributed by atoms with Crippen molar-refractivity contribution >= 4 is 12.0 Å². The van der Waals surface area contributed by atoms with Gasteiger partial charge in [-0.15, -0.1) is 0 Å². The Morgan fingerprint density at radius 3 is 2.10 bits per heavy atom. The summed E-state index contributed by atoms with van der Waals surface area (Å²) in [6.07, 6.45) is 1.60. The molecule has 1 N–H and O–H groups in total. The summed E-state index contributed by atoms with van der Waals surface area (Å²) in [5, 5.41) is 8.99. The predicted octanol–water partition coefficient (Wildman–Crippen LogP) is 1.57. The lowest BCUT2D eigenvalue weighted by molar-refractivity contribution is -0.138. The molecule has 2 amide bonds. The van der Waals surface area contributed by atoms with Gasteiger partial charge in [-0.2, -0.15) is 0 Å². The summed E-state index contributed by atoms with van der Waals surface area (Å²) < 4.78 is 0. The number of nitrogens with zero attached hydrogens (tertiary/aromatic N) is 3. The summed E-state index contributed by atoms with van der Waals surface area (Å²) >= 11 is 0. The number of likely N-dealkylation sites (N-methyl/N-ethyl adjacent to an activating group) is 1. The van der Waals surface area contributed by atoms with E-state index in [0.29, 0.717) is 13.1 Å². The van der Waals surface area contributed by atoms with Gasteiger partial charge < -0.3 is 19.8 Å². The molecule has 118 valence electrons. The minimum absolute atomic E-state index is 0.0719. The number of carbonyl (C=O) groups excluding carboxylic acids is 1. The highest BCUT2D eigenvalue weighted by Gasteiger charge is 2.25. The van der Waals surface area contributed by atoms with E-state index >= 15 is 0 Å². The molecule has 0 aromatic heterocycles. The number of hydrogen-bond acceptors (Lipinski definition) is 3. The number of hydrogen-bond donors (Lipinski definition) is 1. The van der Waals surface area contributed by atoms with E-state index in [0.717, 1.165) is 19.4 Å². The topological polar surface area (TPSA) is 64.1 Å². The summed E-state index contributed by atoms with van der Waals surface area (Å²) in [5.41, 5.74) is 0. The van der Waals surface area contributed by atoms with Gasteiger partial charge in [0.25, 0.3) is 0 Å². The van der Waals surface area contributed by atoms with E-state index in [1.54, 1.807) is 4.90 Å². The minimum atomic E-state index is -0.970. The van der Waals surface area contributed by atoms with Crippen LogP contribution in [0.25, 0.3) is 0 Å². The molecule has 1 unspecified atom stereocenters.